The van der Waals surface area contributed by atoms with Crippen LogP contribution in [0.1, 0.15) is 11.1 Å². The van der Waals surface area contributed by atoms with Gasteiger partial charge in [0.15, 0.2) is 0 Å². The summed E-state index contributed by atoms with van der Waals surface area (Å²) < 4.78 is 5.88. The third kappa shape index (κ3) is 1.71. The Kier molecular flexibility index (Phi) is 2.39. The summed E-state index contributed by atoms with van der Waals surface area (Å²) in [5, 5.41) is 2.88. The fourth-order valence-corrected chi connectivity index (χ4v) is 2.79. The summed E-state index contributed by atoms with van der Waals surface area (Å²) in [7, 11) is 0. The van der Waals surface area contributed by atoms with Crippen LogP contribution < -0.4 is 10.1 Å². The molecule has 1 N–H and O–H groups in total. The molecule has 2 aromatic rings. The Labute approximate surface area is 116 Å². The largest absolute Gasteiger partial charge is 0.486 e. The monoisotopic (exact) mass is 263 g/mol. The van der Waals surface area contributed by atoms with E-state index in [1.807, 2.05) is 48.5 Å². The van der Waals surface area contributed by atoms with Crippen LogP contribution in [0.25, 0.3) is 5.57 Å². The van der Waals surface area contributed by atoms with Crippen LogP contribution in [0.2, 0.25) is 0 Å². The minimum Gasteiger partial charge on any atom is -0.486 e. The second kappa shape index (κ2) is 4.23. The number of carbonyl (C=O) groups is 1. The first-order valence-electron chi connectivity index (χ1n) is 6.68. The molecule has 0 saturated carbocycles. The number of ether oxygens (including phenoxy) is 1. The Balaban J connectivity index is 1.68. The number of para-hydroxylation sites is 2. The third-order valence-corrected chi connectivity index (χ3v) is 3.73. The van der Waals surface area contributed by atoms with Gasteiger partial charge in [-0.1, -0.05) is 36.4 Å². The highest BCUT2D eigenvalue weighted by molar-refractivity contribution is 6.31. The molecular formula is C17H13NO2. The van der Waals surface area contributed by atoms with Gasteiger partial charge in [-0.2, -0.15) is 0 Å². The molecule has 0 fully saturated rings. The van der Waals surface area contributed by atoms with Crippen LogP contribution in [0.3, 0.4) is 0 Å². The molecular weight excluding hydrogens is 250 g/mol. The van der Waals surface area contributed by atoms with Crippen LogP contribution in [-0.4, -0.2) is 12.0 Å². The van der Waals surface area contributed by atoms with Crippen molar-refractivity contribution >= 4 is 17.2 Å². The molecule has 2 heterocycles. The smallest absolute Gasteiger partial charge is 0.256 e. The van der Waals surface area contributed by atoms with Crippen LogP contribution in [-0.2, 0) is 11.2 Å². The number of carbonyl (C=O) groups excluding carboxylic acids is 1. The quantitative estimate of drug-likeness (QED) is 0.803. The van der Waals surface area contributed by atoms with E-state index >= 15 is 0 Å². The fourth-order valence-electron chi connectivity index (χ4n) is 2.79. The Bertz CT molecular complexity index is 708. The topological polar surface area (TPSA) is 38.3 Å². The maximum atomic E-state index is 12.1. The van der Waals surface area contributed by atoms with Crippen molar-refractivity contribution in [2.75, 3.05) is 5.32 Å². The Hall–Kier alpha value is -2.55. The van der Waals surface area contributed by atoms with Gasteiger partial charge in [0.25, 0.3) is 5.91 Å². The summed E-state index contributed by atoms with van der Waals surface area (Å²) in [6.45, 7) is 0. The van der Waals surface area contributed by atoms with Crippen molar-refractivity contribution in [3.8, 4) is 5.75 Å². The summed E-state index contributed by atoms with van der Waals surface area (Å²) in [6.07, 6.45) is 2.68. The number of rotatable bonds is 1. The summed E-state index contributed by atoms with van der Waals surface area (Å²) in [4.78, 5) is 12.1. The molecule has 1 atom stereocenters. The molecule has 3 heteroatoms. The van der Waals surface area contributed by atoms with Crippen LogP contribution >= 0.6 is 0 Å². The number of amides is 1. The predicted octanol–water partition coefficient (Wildman–Crippen LogP) is 3.03. The number of anilines is 1. The molecule has 1 unspecified atom stereocenters. The zero-order chi connectivity index (χ0) is 13.5. The third-order valence-electron chi connectivity index (χ3n) is 3.73. The van der Waals surface area contributed by atoms with E-state index < -0.39 is 0 Å². The first kappa shape index (κ1) is 11.3. The van der Waals surface area contributed by atoms with Crippen molar-refractivity contribution in [3.63, 3.8) is 0 Å². The van der Waals surface area contributed by atoms with Crippen molar-refractivity contribution in [3.05, 3.63) is 65.7 Å². The SMILES string of the molecule is O=C1Nc2ccccc2C1=CC1Cc2ccccc2O1. The lowest BCUT2D eigenvalue weighted by atomic mass is 10.0. The van der Waals surface area contributed by atoms with Crippen LogP contribution in [0.5, 0.6) is 5.75 Å². The fraction of sp³-hybridized carbons (Fsp3) is 0.118. The molecule has 2 aromatic carbocycles. The summed E-state index contributed by atoms with van der Waals surface area (Å²) >= 11 is 0. The summed E-state index contributed by atoms with van der Waals surface area (Å²) in [5.41, 5.74) is 3.73. The maximum absolute atomic E-state index is 12.1. The van der Waals surface area contributed by atoms with Crippen molar-refractivity contribution in [2.24, 2.45) is 0 Å². The molecule has 0 spiro atoms. The number of hydrogen-bond donors (Lipinski definition) is 1. The molecule has 20 heavy (non-hydrogen) atoms. The second-order valence-electron chi connectivity index (χ2n) is 5.05. The zero-order valence-electron chi connectivity index (χ0n) is 10.8. The molecule has 0 aliphatic carbocycles. The average molecular weight is 263 g/mol. The Morgan fingerprint density at radius 3 is 2.80 bits per heavy atom. The number of hydrogen-bond acceptors (Lipinski definition) is 2. The molecule has 4 rings (SSSR count). The summed E-state index contributed by atoms with van der Waals surface area (Å²) in [6, 6.07) is 15.7. The van der Waals surface area contributed by atoms with E-state index in [9.17, 15) is 4.79 Å². The zero-order valence-corrected chi connectivity index (χ0v) is 10.8. The van der Waals surface area contributed by atoms with Gasteiger partial charge in [0.05, 0.1) is 0 Å². The molecule has 0 bridgehead atoms. The van der Waals surface area contributed by atoms with Gasteiger partial charge in [0.1, 0.15) is 11.9 Å². The van der Waals surface area contributed by atoms with Gasteiger partial charge in [0, 0.05) is 23.2 Å². The highest BCUT2D eigenvalue weighted by atomic mass is 16.5. The summed E-state index contributed by atoms with van der Waals surface area (Å²) in [5.74, 6) is 0.867. The highest BCUT2D eigenvalue weighted by Gasteiger charge is 2.27. The molecule has 2 aliphatic rings. The van der Waals surface area contributed by atoms with Gasteiger partial charge in [0.2, 0.25) is 0 Å². The standard InChI is InChI=1S/C17H13NO2/c19-17-14(13-6-2-3-7-15(13)18-17)10-12-9-11-5-1-4-8-16(11)20-12/h1-8,10,12H,9H2,(H,18,19). The lowest BCUT2D eigenvalue weighted by Gasteiger charge is -2.06. The normalized spacial score (nSPS) is 21.3. The van der Waals surface area contributed by atoms with E-state index in [2.05, 4.69) is 11.4 Å². The molecule has 98 valence electrons. The van der Waals surface area contributed by atoms with Gasteiger partial charge in [-0.25, -0.2) is 0 Å². The molecule has 3 nitrogen and oxygen atoms in total. The van der Waals surface area contributed by atoms with Gasteiger partial charge in [-0.3, -0.25) is 4.79 Å². The van der Waals surface area contributed by atoms with Gasteiger partial charge >= 0.3 is 0 Å². The number of benzene rings is 2. The van der Waals surface area contributed by atoms with Crippen LogP contribution in [0.15, 0.2) is 54.6 Å². The van der Waals surface area contributed by atoms with Crippen molar-refractivity contribution in [2.45, 2.75) is 12.5 Å². The molecule has 1 amide bonds. The first-order valence-corrected chi connectivity index (χ1v) is 6.68. The van der Waals surface area contributed by atoms with E-state index in [-0.39, 0.29) is 12.0 Å². The van der Waals surface area contributed by atoms with Gasteiger partial charge < -0.3 is 10.1 Å². The number of nitrogens with one attached hydrogen (secondary N) is 1. The molecule has 2 aliphatic heterocycles. The second-order valence-corrected chi connectivity index (χ2v) is 5.05. The van der Waals surface area contributed by atoms with Gasteiger partial charge in [-0.15, -0.1) is 0 Å². The first-order chi connectivity index (χ1) is 9.81. The van der Waals surface area contributed by atoms with E-state index in [1.165, 1.54) is 5.56 Å². The van der Waals surface area contributed by atoms with E-state index in [0.717, 1.165) is 23.4 Å². The maximum Gasteiger partial charge on any atom is 0.256 e. The van der Waals surface area contributed by atoms with Crippen LogP contribution in [0, 0.1) is 0 Å². The molecule has 0 radical (unpaired) electrons. The van der Waals surface area contributed by atoms with Crippen LogP contribution in [0.4, 0.5) is 5.69 Å². The average Bonchev–Trinajstić information content (AvgIpc) is 3.00. The Morgan fingerprint density at radius 2 is 1.90 bits per heavy atom. The van der Waals surface area contributed by atoms with Crippen molar-refractivity contribution < 1.29 is 9.53 Å². The lowest BCUT2D eigenvalue weighted by Crippen LogP contribution is -2.12. The molecule has 0 aromatic heterocycles. The minimum absolute atomic E-state index is 0.0502. The Morgan fingerprint density at radius 1 is 1.10 bits per heavy atom. The number of fused-ring (bicyclic) bond motifs is 2. The molecule has 0 saturated heterocycles. The predicted molar refractivity (Wildman–Crippen MR) is 77.6 cm³/mol. The van der Waals surface area contributed by atoms with Crippen molar-refractivity contribution in [1.82, 2.24) is 0 Å². The van der Waals surface area contributed by atoms with Crippen molar-refractivity contribution in [1.29, 1.82) is 0 Å². The van der Waals surface area contributed by atoms with Gasteiger partial charge in [-0.05, 0) is 23.8 Å². The minimum atomic E-state index is -0.0701. The van der Waals surface area contributed by atoms with E-state index in [4.69, 9.17) is 4.74 Å². The highest BCUT2D eigenvalue weighted by Crippen LogP contribution is 2.34. The lowest BCUT2D eigenvalue weighted by molar-refractivity contribution is -0.110. The van der Waals surface area contributed by atoms with E-state index in [1.54, 1.807) is 0 Å². The van der Waals surface area contributed by atoms with E-state index in [0.29, 0.717) is 5.57 Å².